The van der Waals surface area contributed by atoms with E-state index in [1.54, 1.807) is 0 Å². The molecule has 2 rings (SSSR count). The second-order valence-electron chi connectivity index (χ2n) is 5.33. The molecule has 0 saturated carbocycles. The number of amides is 1. The Labute approximate surface area is 102 Å². The molecule has 17 heavy (non-hydrogen) atoms. The van der Waals surface area contributed by atoms with Gasteiger partial charge in [0.1, 0.15) is 15.3 Å². The largest absolute Gasteiger partial charge is 0.379 e. The van der Waals surface area contributed by atoms with Crippen molar-refractivity contribution >= 4 is 15.7 Å². The zero-order valence-electron chi connectivity index (χ0n) is 10.3. The average Bonchev–Trinajstić information content (AvgIpc) is 2.55. The van der Waals surface area contributed by atoms with Gasteiger partial charge in [0.05, 0.1) is 19.0 Å². The number of carbonyl (C=O) groups is 1. The van der Waals surface area contributed by atoms with Crippen molar-refractivity contribution < 1.29 is 17.9 Å². The first kappa shape index (κ1) is 12.8. The number of hydrogen-bond acceptors (Lipinski definition) is 4. The monoisotopic (exact) mass is 261 g/mol. The lowest BCUT2D eigenvalue weighted by molar-refractivity contribution is -0.168. The number of rotatable bonds is 3. The van der Waals surface area contributed by atoms with E-state index in [4.69, 9.17) is 4.74 Å². The summed E-state index contributed by atoms with van der Waals surface area (Å²) in [5.41, 5.74) is -0.813. The minimum Gasteiger partial charge on any atom is -0.379 e. The molecule has 2 aliphatic rings. The van der Waals surface area contributed by atoms with E-state index >= 15 is 0 Å². The van der Waals surface area contributed by atoms with Crippen molar-refractivity contribution in [3.05, 3.63) is 0 Å². The van der Waals surface area contributed by atoms with Gasteiger partial charge in [0, 0.05) is 18.8 Å². The van der Waals surface area contributed by atoms with Gasteiger partial charge in [0.25, 0.3) is 0 Å². The van der Waals surface area contributed by atoms with Crippen LogP contribution in [0.2, 0.25) is 0 Å². The second kappa shape index (κ2) is 4.24. The first-order valence-corrected chi connectivity index (χ1v) is 7.97. The maximum absolute atomic E-state index is 12.4. The molecule has 0 radical (unpaired) electrons. The summed E-state index contributed by atoms with van der Waals surface area (Å²) in [6.07, 6.45) is 3.18. The Morgan fingerprint density at radius 2 is 2.12 bits per heavy atom. The highest BCUT2D eigenvalue weighted by atomic mass is 32.2. The maximum atomic E-state index is 12.4. The Balaban J connectivity index is 2.15. The van der Waals surface area contributed by atoms with Gasteiger partial charge >= 0.3 is 0 Å². The lowest BCUT2D eigenvalue weighted by atomic mass is 9.86. The van der Waals surface area contributed by atoms with Crippen LogP contribution in [0.15, 0.2) is 0 Å². The minimum atomic E-state index is -3.16. The third-order valence-electron chi connectivity index (χ3n) is 3.56. The number of hydrogen-bond donors (Lipinski definition) is 0. The summed E-state index contributed by atoms with van der Waals surface area (Å²) in [4.78, 5) is 14.2. The molecule has 2 aliphatic heterocycles. The fourth-order valence-electron chi connectivity index (χ4n) is 2.66. The van der Waals surface area contributed by atoms with E-state index in [9.17, 15) is 13.2 Å². The van der Waals surface area contributed by atoms with E-state index in [-0.39, 0.29) is 30.9 Å². The molecule has 0 spiro atoms. The van der Waals surface area contributed by atoms with Gasteiger partial charge in [0.15, 0.2) is 0 Å². The summed E-state index contributed by atoms with van der Waals surface area (Å²) < 4.78 is 27.9. The number of carbonyl (C=O) groups excluding carboxylic acids is 1. The van der Waals surface area contributed by atoms with Crippen LogP contribution in [-0.4, -0.2) is 57.0 Å². The maximum Gasteiger partial charge on any atom is 0.234 e. The topological polar surface area (TPSA) is 63.7 Å². The van der Waals surface area contributed by atoms with E-state index in [1.807, 2.05) is 11.8 Å². The second-order valence-corrected chi connectivity index (χ2v) is 7.47. The van der Waals surface area contributed by atoms with Gasteiger partial charge in [0.2, 0.25) is 5.91 Å². The Morgan fingerprint density at radius 1 is 1.47 bits per heavy atom. The first-order chi connectivity index (χ1) is 7.84. The van der Waals surface area contributed by atoms with E-state index in [0.717, 1.165) is 19.4 Å². The van der Waals surface area contributed by atoms with E-state index in [2.05, 4.69) is 0 Å². The van der Waals surface area contributed by atoms with Crippen molar-refractivity contribution in [3.8, 4) is 0 Å². The molecule has 1 amide bonds. The van der Waals surface area contributed by atoms with Crippen LogP contribution in [0.4, 0.5) is 0 Å². The highest BCUT2D eigenvalue weighted by Crippen LogP contribution is 2.34. The number of likely N-dealkylation sites (tertiary alicyclic amines) is 1. The molecule has 2 fully saturated rings. The zero-order chi connectivity index (χ0) is 12.7. The number of sulfone groups is 1. The molecule has 0 aromatic heterocycles. The van der Waals surface area contributed by atoms with Gasteiger partial charge in [-0.15, -0.1) is 0 Å². The van der Waals surface area contributed by atoms with E-state index in [0.29, 0.717) is 0 Å². The van der Waals surface area contributed by atoms with Gasteiger partial charge in [-0.2, -0.15) is 0 Å². The molecule has 0 aromatic carbocycles. The molecule has 2 saturated heterocycles. The van der Waals surface area contributed by atoms with Crippen LogP contribution in [0.25, 0.3) is 0 Å². The van der Waals surface area contributed by atoms with Gasteiger partial charge in [-0.05, 0) is 19.8 Å². The number of ether oxygens (including phenoxy) is 1. The molecule has 0 bridgehead atoms. The molecule has 98 valence electrons. The molecule has 0 aromatic rings. The third-order valence-corrected chi connectivity index (χ3v) is 4.64. The fraction of sp³-hybridized carbons (Fsp3) is 0.909. The lowest BCUT2D eigenvalue weighted by Crippen LogP contribution is -2.59. The molecular formula is C11H19NO4S. The van der Waals surface area contributed by atoms with Crippen molar-refractivity contribution in [2.45, 2.75) is 25.8 Å². The molecule has 6 heteroatoms. The van der Waals surface area contributed by atoms with Crippen LogP contribution in [0.3, 0.4) is 0 Å². The average molecular weight is 261 g/mol. The van der Waals surface area contributed by atoms with Crippen LogP contribution < -0.4 is 0 Å². The smallest absolute Gasteiger partial charge is 0.234 e. The Bertz CT molecular complexity index is 413. The summed E-state index contributed by atoms with van der Waals surface area (Å²) in [5, 5.41) is 0. The molecular weight excluding hydrogens is 242 g/mol. The quantitative estimate of drug-likeness (QED) is 0.720. The van der Waals surface area contributed by atoms with E-state index in [1.165, 1.54) is 6.26 Å². The van der Waals surface area contributed by atoms with Crippen molar-refractivity contribution in [2.75, 3.05) is 31.8 Å². The van der Waals surface area contributed by atoms with Crippen LogP contribution in [0, 0.1) is 5.41 Å². The van der Waals surface area contributed by atoms with Gasteiger partial charge in [-0.25, -0.2) is 8.42 Å². The predicted octanol–water partition coefficient (Wildman–Crippen LogP) is 0.0585. The van der Waals surface area contributed by atoms with Gasteiger partial charge < -0.3 is 9.64 Å². The van der Waals surface area contributed by atoms with Crippen molar-refractivity contribution in [2.24, 2.45) is 5.41 Å². The Kier molecular flexibility index (Phi) is 3.20. The molecule has 0 aliphatic carbocycles. The van der Waals surface area contributed by atoms with Crippen LogP contribution in [0.5, 0.6) is 0 Å². The van der Waals surface area contributed by atoms with Crippen molar-refractivity contribution in [1.29, 1.82) is 0 Å². The molecule has 5 nitrogen and oxygen atoms in total. The molecule has 2 heterocycles. The molecule has 0 N–H and O–H groups in total. The van der Waals surface area contributed by atoms with Gasteiger partial charge in [-0.3, -0.25) is 4.79 Å². The first-order valence-electron chi connectivity index (χ1n) is 5.91. The lowest BCUT2D eigenvalue weighted by Gasteiger charge is -2.42. The van der Waals surface area contributed by atoms with Crippen molar-refractivity contribution in [3.63, 3.8) is 0 Å². The van der Waals surface area contributed by atoms with Crippen molar-refractivity contribution in [1.82, 2.24) is 4.90 Å². The molecule has 1 unspecified atom stereocenters. The fourth-order valence-corrected chi connectivity index (χ4v) is 3.95. The van der Waals surface area contributed by atoms with Crippen LogP contribution in [-0.2, 0) is 19.4 Å². The summed E-state index contributed by atoms with van der Waals surface area (Å²) in [6.45, 7) is 3.23. The standard InChI is InChI=1S/C11H19NO4S/c1-9-4-3-5-12(9)10(13)11(6-16-7-11)8-17(2,14)15/h9H,3-8H2,1-2H3. The van der Waals surface area contributed by atoms with E-state index < -0.39 is 15.3 Å². The minimum absolute atomic E-state index is 0.0424. The summed E-state index contributed by atoms with van der Waals surface area (Å²) in [6, 6.07) is 0.222. The Hall–Kier alpha value is -0.620. The summed E-state index contributed by atoms with van der Waals surface area (Å²) in [5.74, 6) is -0.138. The highest BCUT2D eigenvalue weighted by molar-refractivity contribution is 7.90. The molecule has 1 atom stereocenters. The third kappa shape index (κ3) is 2.47. The zero-order valence-corrected chi connectivity index (χ0v) is 11.1. The van der Waals surface area contributed by atoms with Crippen LogP contribution in [0.1, 0.15) is 19.8 Å². The normalized spacial score (nSPS) is 27.9. The Morgan fingerprint density at radius 3 is 2.47 bits per heavy atom. The number of nitrogens with zero attached hydrogens (tertiary/aromatic N) is 1. The van der Waals surface area contributed by atoms with Gasteiger partial charge in [-0.1, -0.05) is 0 Å². The summed E-state index contributed by atoms with van der Waals surface area (Å²) >= 11 is 0. The summed E-state index contributed by atoms with van der Waals surface area (Å²) in [7, 11) is -3.16. The SMILES string of the molecule is CC1CCCN1C(=O)C1(CS(C)(=O)=O)COC1. The highest BCUT2D eigenvalue weighted by Gasteiger charge is 2.51. The predicted molar refractivity (Wildman–Crippen MR) is 63.4 cm³/mol. The van der Waals surface area contributed by atoms with Crippen LogP contribution >= 0.6 is 0 Å².